The van der Waals surface area contributed by atoms with Gasteiger partial charge in [0.15, 0.2) is 0 Å². The Balaban J connectivity index is 1.55. The van der Waals surface area contributed by atoms with Crippen LogP contribution in [0.25, 0.3) is 0 Å². The predicted octanol–water partition coefficient (Wildman–Crippen LogP) is 3.98. The summed E-state index contributed by atoms with van der Waals surface area (Å²) in [5.74, 6) is 1.78. The minimum Gasteiger partial charge on any atom is -0.457 e. The molecule has 0 atom stereocenters. The van der Waals surface area contributed by atoms with Crippen molar-refractivity contribution in [3.05, 3.63) is 59.2 Å². The molecule has 21 heavy (non-hydrogen) atoms. The second kappa shape index (κ2) is 4.33. The lowest BCUT2D eigenvalue weighted by molar-refractivity contribution is 0.247. The molecule has 0 unspecified atom stereocenters. The van der Waals surface area contributed by atoms with E-state index in [2.05, 4.69) is 55.7 Å². The molecule has 1 fully saturated rings. The molecular formula is C18H20N2O. The summed E-state index contributed by atoms with van der Waals surface area (Å²) in [6.07, 6.45) is 0.641. The van der Waals surface area contributed by atoms with Crippen LogP contribution in [0.1, 0.15) is 49.8 Å². The second-order valence-electron chi connectivity index (χ2n) is 6.87. The van der Waals surface area contributed by atoms with Crippen molar-refractivity contribution in [3.63, 3.8) is 0 Å². The third-order valence-electron chi connectivity index (χ3n) is 4.30. The molecule has 0 aromatic heterocycles. The number of benzene rings is 2. The van der Waals surface area contributed by atoms with E-state index in [1.165, 1.54) is 16.7 Å². The molecule has 3 heterocycles. The van der Waals surface area contributed by atoms with Gasteiger partial charge in [0, 0.05) is 0 Å². The predicted molar refractivity (Wildman–Crippen MR) is 83.4 cm³/mol. The van der Waals surface area contributed by atoms with Crippen LogP contribution in [0.4, 0.5) is 0 Å². The third-order valence-corrected chi connectivity index (χ3v) is 4.30. The van der Waals surface area contributed by atoms with E-state index >= 15 is 0 Å². The Morgan fingerprint density at radius 2 is 1.43 bits per heavy atom. The molecule has 0 aliphatic carbocycles. The SMILES string of the molecule is CC(C)(C)c1ccc(Oc2ccc3c(c2)C2NC3N2)cc1. The second-order valence-corrected chi connectivity index (χ2v) is 6.87. The molecule has 3 aliphatic heterocycles. The molecule has 1 saturated heterocycles. The van der Waals surface area contributed by atoms with Crippen LogP contribution in [0.3, 0.4) is 0 Å². The average Bonchev–Trinajstić information content (AvgIpc) is 2.91. The molecule has 2 aromatic rings. The minimum atomic E-state index is 0.171. The van der Waals surface area contributed by atoms with Crippen LogP contribution in [-0.4, -0.2) is 0 Å². The maximum atomic E-state index is 5.98. The summed E-state index contributed by atoms with van der Waals surface area (Å²) in [5.41, 5.74) is 4.14. The molecule has 2 N–H and O–H groups in total. The Morgan fingerprint density at radius 3 is 2.10 bits per heavy atom. The highest BCUT2D eigenvalue weighted by Gasteiger charge is 2.40. The maximum absolute atomic E-state index is 5.98. The van der Waals surface area contributed by atoms with Crippen LogP contribution in [0.2, 0.25) is 0 Å². The Hall–Kier alpha value is -1.84. The molecule has 5 rings (SSSR count). The van der Waals surface area contributed by atoms with Crippen molar-refractivity contribution in [2.24, 2.45) is 0 Å². The summed E-state index contributed by atoms with van der Waals surface area (Å²) in [5, 5.41) is 6.86. The van der Waals surface area contributed by atoms with Crippen LogP contribution in [0.15, 0.2) is 42.5 Å². The standard InChI is InChI=1S/C18H20N2O/c1-18(2,3)11-4-6-12(7-5-11)21-13-8-9-14-15(10-13)17-19-16(14)20-17/h4-10,16-17,19-20H,1-3H3. The first-order valence-corrected chi connectivity index (χ1v) is 7.45. The molecule has 2 bridgehead atoms. The highest BCUT2D eigenvalue weighted by molar-refractivity contribution is 5.47. The maximum Gasteiger partial charge on any atom is 0.127 e. The van der Waals surface area contributed by atoms with Crippen molar-refractivity contribution >= 4 is 0 Å². The van der Waals surface area contributed by atoms with Crippen LogP contribution in [-0.2, 0) is 5.41 Å². The van der Waals surface area contributed by atoms with Gasteiger partial charge in [-0.15, -0.1) is 0 Å². The molecule has 108 valence electrons. The zero-order valence-electron chi connectivity index (χ0n) is 12.6. The Labute approximate surface area is 125 Å². The molecule has 0 radical (unpaired) electrons. The molecular weight excluding hydrogens is 260 g/mol. The summed E-state index contributed by atoms with van der Waals surface area (Å²) < 4.78 is 5.98. The van der Waals surface area contributed by atoms with Gasteiger partial charge >= 0.3 is 0 Å². The molecule has 3 nitrogen and oxygen atoms in total. The van der Waals surface area contributed by atoms with Gasteiger partial charge in [-0.2, -0.15) is 0 Å². The van der Waals surface area contributed by atoms with E-state index in [9.17, 15) is 0 Å². The van der Waals surface area contributed by atoms with E-state index in [0.29, 0.717) is 12.3 Å². The first-order valence-electron chi connectivity index (χ1n) is 7.45. The lowest BCUT2D eigenvalue weighted by Crippen LogP contribution is -2.47. The largest absolute Gasteiger partial charge is 0.457 e. The number of rotatable bonds is 2. The number of nitrogens with one attached hydrogen (secondary N) is 2. The molecule has 0 amide bonds. The highest BCUT2D eigenvalue weighted by Crippen LogP contribution is 2.41. The number of hydrogen-bond donors (Lipinski definition) is 2. The van der Waals surface area contributed by atoms with Crippen molar-refractivity contribution in [1.82, 2.24) is 10.6 Å². The van der Waals surface area contributed by atoms with E-state index in [-0.39, 0.29) is 5.41 Å². The van der Waals surface area contributed by atoms with Gasteiger partial charge in [-0.3, -0.25) is 10.6 Å². The zero-order valence-corrected chi connectivity index (χ0v) is 12.6. The Kier molecular flexibility index (Phi) is 2.65. The highest BCUT2D eigenvalue weighted by atomic mass is 16.5. The van der Waals surface area contributed by atoms with Crippen molar-refractivity contribution in [1.29, 1.82) is 0 Å². The van der Waals surface area contributed by atoms with Gasteiger partial charge in [0.2, 0.25) is 0 Å². The zero-order chi connectivity index (χ0) is 14.6. The average molecular weight is 280 g/mol. The molecule has 2 aromatic carbocycles. The van der Waals surface area contributed by atoms with Crippen LogP contribution >= 0.6 is 0 Å². The normalized spacial score (nSPS) is 22.6. The Morgan fingerprint density at radius 1 is 0.810 bits per heavy atom. The number of ether oxygens (including phenoxy) is 1. The summed E-state index contributed by atoms with van der Waals surface area (Å²) in [6.45, 7) is 6.65. The van der Waals surface area contributed by atoms with E-state index in [4.69, 9.17) is 4.74 Å². The third kappa shape index (κ3) is 2.13. The van der Waals surface area contributed by atoms with Crippen LogP contribution in [0, 0.1) is 0 Å². The van der Waals surface area contributed by atoms with Crippen molar-refractivity contribution in [2.45, 2.75) is 38.5 Å². The molecule has 0 saturated carbocycles. The fraction of sp³-hybridized carbons (Fsp3) is 0.333. The Bertz CT molecular complexity index is 679. The van der Waals surface area contributed by atoms with Crippen molar-refractivity contribution < 1.29 is 4.74 Å². The van der Waals surface area contributed by atoms with Crippen molar-refractivity contribution in [3.8, 4) is 11.5 Å². The fourth-order valence-corrected chi connectivity index (χ4v) is 2.98. The first kappa shape index (κ1) is 12.9. The molecule has 3 aliphatic rings. The van der Waals surface area contributed by atoms with Gasteiger partial charge in [0.05, 0.1) is 12.3 Å². The van der Waals surface area contributed by atoms with Gasteiger partial charge in [-0.25, -0.2) is 0 Å². The lowest BCUT2D eigenvalue weighted by Gasteiger charge is -2.28. The van der Waals surface area contributed by atoms with Crippen LogP contribution in [0.5, 0.6) is 11.5 Å². The van der Waals surface area contributed by atoms with E-state index in [0.717, 1.165) is 11.5 Å². The first-order chi connectivity index (χ1) is 10.0. The minimum absolute atomic E-state index is 0.171. The van der Waals surface area contributed by atoms with Crippen molar-refractivity contribution in [2.75, 3.05) is 0 Å². The lowest BCUT2D eigenvalue weighted by atomic mass is 9.87. The van der Waals surface area contributed by atoms with Gasteiger partial charge in [-0.1, -0.05) is 39.0 Å². The quantitative estimate of drug-likeness (QED) is 0.873. The summed E-state index contributed by atoms with van der Waals surface area (Å²) in [7, 11) is 0. The van der Waals surface area contributed by atoms with Crippen LogP contribution < -0.4 is 15.4 Å². The summed E-state index contributed by atoms with van der Waals surface area (Å²) in [4.78, 5) is 0. The van der Waals surface area contributed by atoms with E-state index < -0.39 is 0 Å². The summed E-state index contributed by atoms with van der Waals surface area (Å²) in [6, 6.07) is 14.7. The van der Waals surface area contributed by atoms with Gasteiger partial charge in [0.1, 0.15) is 11.5 Å². The van der Waals surface area contributed by atoms with Gasteiger partial charge in [0.25, 0.3) is 0 Å². The fourth-order valence-electron chi connectivity index (χ4n) is 2.98. The molecule has 0 spiro atoms. The summed E-state index contributed by atoms with van der Waals surface area (Å²) >= 11 is 0. The van der Waals surface area contributed by atoms with E-state index in [1.807, 2.05) is 18.2 Å². The monoisotopic (exact) mass is 280 g/mol. The number of hydrogen-bond acceptors (Lipinski definition) is 3. The topological polar surface area (TPSA) is 33.3 Å². The van der Waals surface area contributed by atoms with E-state index in [1.54, 1.807) is 0 Å². The van der Waals surface area contributed by atoms with Gasteiger partial charge in [-0.05, 0) is 46.4 Å². The van der Waals surface area contributed by atoms with Gasteiger partial charge < -0.3 is 4.74 Å². The molecule has 3 heteroatoms. The smallest absolute Gasteiger partial charge is 0.127 e.